The molecule has 2 unspecified atom stereocenters. The number of carbonyl (C=O) groups is 1. The number of ketones is 1. The Bertz CT molecular complexity index is 391. The zero-order valence-electron chi connectivity index (χ0n) is 9.45. The highest BCUT2D eigenvalue weighted by molar-refractivity contribution is 9.10. The van der Waals surface area contributed by atoms with Crippen LogP contribution in [0.4, 0.5) is 0 Å². The highest BCUT2D eigenvalue weighted by atomic mass is 79.9. The number of rotatable bonds is 2. The van der Waals surface area contributed by atoms with Gasteiger partial charge in [-0.2, -0.15) is 0 Å². The monoisotopic (exact) mass is 281 g/mol. The number of Topliss-reactive ketones (excluding diaryl/α,β-unsaturated/α-hetero) is 1. The molecule has 0 bridgehead atoms. The van der Waals surface area contributed by atoms with E-state index in [9.17, 15) is 4.79 Å². The molecule has 1 fully saturated rings. The summed E-state index contributed by atoms with van der Waals surface area (Å²) in [5.74, 6) is 1.32. The van der Waals surface area contributed by atoms with Gasteiger partial charge in [0.2, 0.25) is 0 Å². The molecule has 1 aromatic rings. The van der Waals surface area contributed by atoms with Crippen molar-refractivity contribution in [1.82, 2.24) is 4.98 Å². The van der Waals surface area contributed by atoms with Crippen molar-refractivity contribution >= 4 is 21.7 Å². The fraction of sp³-hybridized carbons (Fsp3) is 0.538. The normalized spacial score (nSPS) is 25.8. The number of carbonyl (C=O) groups excluding carboxylic acids is 1. The van der Waals surface area contributed by atoms with Crippen molar-refractivity contribution in [2.75, 3.05) is 0 Å². The van der Waals surface area contributed by atoms with E-state index in [0.29, 0.717) is 11.7 Å². The maximum atomic E-state index is 11.8. The van der Waals surface area contributed by atoms with E-state index in [1.807, 2.05) is 6.20 Å². The third-order valence-electron chi connectivity index (χ3n) is 3.27. The lowest BCUT2D eigenvalue weighted by Crippen LogP contribution is -2.25. The summed E-state index contributed by atoms with van der Waals surface area (Å²) in [5.41, 5.74) is 1.15. The Hall–Kier alpha value is -0.700. The molecule has 0 spiro atoms. The molecule has 1 saturated carbocycles. The van der Waals surface area contributed by atoms with Gasteiger partial charge in [0.05, 0.1) is 0 Å². The summed E-state index contributed by atoms with van der Waals surface area (Å²) >= 11 is 3.41. The number of hydrogen-bond acceptors (Lipinski definition) is 2. The first kappa shape index (κ1) is 11.8. The van der Waals surface area contributed by atoms with Crippen LogP contribution in [-0.2, 0) is 11.2 Å². The Kier molecular flexibility index (Phi) is 3.74. The van der Waals surface area contributed by atoms with Gasteiger partial charge >= 0.3 is 0 Å². The van der Waals surface area contributed by atoms with Crippen LogP contribution in [0.1, 0.15) is 31.7 Å². The Morgan fingerprint density at radius 3 is 3.06 bits per heavy atom. The van der Waals surface area contributed by atoms with Crippen LogP contribution < -0.4 is 0 Å². The second kappa shape index (κ2) is 5.09. The van der Waals surface area contributed by atoms with Gasteiger partial charge in [0.15, 0.2) is 0 Å². The molecule has 1 heterocycles. The fourth-order valence-electron chi connectivity index (χ4n) is 2.38. The van der Waals surface area contributed by atoms with E-state index in [4.69, 9.17) is 0 Å². The van der Waals surface area contributed by atoms with Gasteiger partial charge in [0.1, 0.15) is 5.78 Å². The quantitative estimate of drug-likeness (QED) is 0.832. The Balaban J connectivity index is 2.05. The zero-order valence-corrected chi connectivity index (χ0v) is 11.0. The molecule has 0 N–H and O–H groups in total. The summed E-state index contributed by atoms with van der Waals surface area (Å²) in [4.78, 5) is 15.9. The molecular weight excluding hydrogens is 266 g/mol. The molecule has 0 aromatic carbocycles. The van der Waals surface area contributed by atoms with Gasteiger partial charge in [0, 0.05) is 29.2 Å². The van der Waals surface area contributed by atoms with Gasteiger partial charge in [-0.3, -0.25) is 9.78 Å². The van der Waals surface area contributed by atoms with Gasteiger partial charge < -0.3 is 0 Å². The molecule has 0 saturated heterocycles. The minimum Gasteiger partial charge on any atom is -0.299 e. The van der Waals surface area contributed by atoms with Crippen molar-refractivity contribution in [2.24, 2.45) is 11.8 Å². The summed E-state index contributed by atoms with van der Waals surface area (Å²) < 4.78 is 0.987. The number of pyridine rings is 1. The SMILES string of the molecule is CC1CCC(=O)C(Cc2cncc(Br)c2)C1. The molecule has 1 aliphatic rings. The summed E-state index contributed by atoms with van der Waals surface area (Å²) in [6, 6.07) is 2.06. The van der Waals surface area contributed by atoms with Gasteiger partial charge in [-0.15, -0.1) is 0 Å². The molecule has 0 radical (unpaired) electrons. The molecule has 2 rings (SSSR count). The second-order valence-corrected chi connectivity index (χ2v) is 5.67. The maximum Gasteiger partial charge on any atom is 0.136 e. The van der Waals surface area contributed by atoms with Crippen LogP contribution >= 0.6 is 15.9 Å². The average molecular weight is 282 g/mol. The second-order valence-electron chi connectivity index (χ2n) is 4.76. The van der Waals surface area contributed by atoms with Gasteiger partial charge in [-0.25, -0.2) is 0 Å². The van der Waals surface area contributed by atoms with Crippen LogP contribution in [0, 0.1) is 11.8 Å². The molecule has 3 heteroatoms. The molecule has 86 valence electrons. The summed E-state index contributed by atoms with van der Waals surface area (Å²) in [6.07, 6.45) is 7.33. The number of hydrogen-bond donors (Lipinski definition) is 0. The maximum absolute atomic E-state index is 11.8. The van der Waals surface area contributed by atoms with Crippen molar-refractivity contribution < 1.29 is 4.79 Å². The first-order valence-electron chi connectivity index (χ1n) is 5.77. The number of nitrogens with zero attached hydrogens (tertiary/aromatic N) is 1. The molecule has 0 amide bonds. The number of aromatic nitrogens is 1. The van der Waals surface area contributed by atoms with Crippen LogP contribution in [0.3, 0.4) is 0 Å². The van der Waals surface area contributed by atoms with Crippen molar-refractivity contribution in [1.29, 1.82) is 0 Å². The standard InChI is InChI=1S/C13H16BrNO/c1-9-2-3-13(16)11(4-9)5-10-6-12(14)8-15-7-10/h6-9,11H,2-5H2,1H3. The van der Waals surface area contributed by atoms with E-state index in [-0.39, 0.29) is 5.92 Å². The summed E-state index contributed by atoms with van der Waals surface area (Å²) in [7, 11) is 0. The Labute approximate surface area is 105 Å². The third-order valence-corrected chi connectivity index (χ3v) is 3.70. The van der Waals surface area contributed by atoms with E-state index < -0.39 is 0 Å². The number of halogens is 1. The van der Waals surface area contributed by atoms with Gasteiger partial charge in [-0.1, -0.05) is 6.92 Å². The lowest BCUT2D eigenvalue weighted by molar-refractivity contribution is -0.125. The summed E-state index contributed by atoms with van der Waals surface area (Å²) in [6.45, 7) is 2.23. The van der Waals surface area contributed by atoms with E-state index in [1.54, 1.807) is 6.20 Å². The van der Waals surface area contributed by atoms with Gasteiger partial charge in [0.25, 0.3) is 0 Å². The molecule has 1 aromatic heterocycles. The third kappa shape index (κ3) is 2.91. The van der Waals surface area contributed by atoms with Crippen molar-refractivity contribution in [3.8, 4) is 0 Å². The lowest BCUT2D eigenvalue weighted by atomic mass is 9.79. The minimum absolute atomic E-state index is 0.208. The topological polar surface area (TPSA) is 30.0 Å². The molecule has 1 aliphatic carbocycles. The highest BCUT2D eigenvalue weighted by Crippen LogP contribution is 2.28. The molecule has 2 atom stereocenters. The zero-order chi connectivity index (χ0) is 11.5. The van der Waals surface area contributed by atoms with Crippen molar-refractivity contribution in [2.45, 2.75) is 32.6 Å². The van der Waals surface area contributed by atoms with Crippen molar-refractivity contribution in [3.63, 3.8) is 0 Å². The average Bonchev–Trinajstić information content (AvgIpc) is 2.24. The predicted octanol–water partition coefficient (Wildman–Crippen LogP) is 3.39. The van der Waals surface area contributed by atoms with Crippen molar-refractivity contribution in [3.05, 3.63) is 28.5 Å². The smallest absolute Gasteiger partial charge is 0.136 e. The van der Waals surface area contributed by atoms with Crippen LogP contribution in [0.15, 0.2) is 22.9 Å². The minimum atomic E-state index is 0.208. The first-order valence-corrected chi connectivity index (χ1v) is 6.56. The molecule has 2 nitrogen and oxygen atoms in total. The largest absolute Gasteiger partial charge is 0.299 e. The molecular formula is C13H16BrNO. The molecule has 0 aliphatic heterocycles. The Morgan fingerprint density at radius 1 is 1.50 bits per heavy atom. The molecule has 16 heavy (non-hydrogen) atoms. The van der Waals surface area contributed by atoms with E-state index in [2.05, 4.69) is 33.9 Å². The first-order chi connectivity index (χ1) is 7.65. The van der Waals surface area contributed by atoms with E-state index in [0.717, 1.165) is 35.7 Å². The Morgan fingerprint density at radius 2 is 2.31 bits per heavy atom. The summed E-state index contributed by atoms with van der Waals surface area (Å²) in [5, 5.41) is 0. The van der Waals surface area contributed by atoms with Crippen LogP contribution in [0.25, 0.3) is 0 Å². The van der Waals surface area contributed by atoms with E-state index >= 15 is 0 Å². The van der Waals surface area contributed by atoms with Crippen LogP contribution in [0.5, 0.6) is 0 Å². The highest BCUT2D eigenvalue weighted by Gasteiger charge is 2.26. The van der Waals surface area contributed by atoms with E-state index in [1.165, 1.54) is 0 Å². The lowest BCUT2D eigenvalue weighted by Gasteiger charge is -2.25. The predicted molar refractivity (Wildman–Crippen MR) is 67.2 cm³/mol. The van der Waals surface area contributed by atoms with Crippen LogP contribution in [-0.4, -0.2) is 10.8 Å². The fourth-order valence-corrected chi connectivity index (χ4v) is 2.79. The van der Waals surface area contributed by atoms with Gasteiger partial charge in [-0.05, 0) is 52.7 Å². The van der Waals surface area contributed by atoms with Crippen LogP contribution in [0.2, 0.25) is 0 Å².